The van der Waals surface area contributed by atoms with Gasteiger partial charge in [0.15, 0.2) is 5.82 Å². The fraction of sp³-hybridized carbons (Fsp3) is 0.333. The number of nitrogens with one attached hydrogen (secondary N) is 3. The Morgan fingerprint density at radius 2 is 2.12 bits per heavy atom. The molecule has 24 heavy (non-hydrogen) atoms. The summed E-state index contributed by atoms with van der Waals surface area (Å²) < 4.78 is 5.68. The monoisotopic (exact) mass is 349 g/mol. The molecule has 1 atom stereocenters. The molecule has 0 saturated heterocycles. The molecule has 0 aliphatic carbocycles. The second-order valence-electron chi connectivity index (χ2n) is 4.95. The molecule has 2 rings (SSSR count). The lowest BCUT2D eigenvalue weighted by atomic mass is 10.2. The standard InChI is InChI=1S/C15H19N5O3S/c1-9-6-4-5-7-11(9)23-8-12-17-15(20-19-12)24-10(2)13(21)18-14(22)16-3/h4-7,10H,8H2,1-3H3,(H,17,19,20)(H2,16,18,21,22)/t10-/m0/s1. The van der Waals surface area contributed by atoms with E-state index in [4.69, 9.17) is 4.74 Å². The van der Waals surface area contributed by atoms with Crippen LogP contribution in [-0.4, -0.2) is 39.4 Å². The molecular formula is C15H19N5O3S. The first kappa shape index (κ1) is 17.8. The van der Waals surface area contributed by atoms with E-state index >= 15 is 0 Å². The van der Waals surface area contributed by atoms with Gasteiger partial charge in [-0.25, -0.2) is 9.78 Å². The van der Waals surface area contributed by atoms with E-state index in [0.717, 1.165) is 23.1 Å². The minimum absolute atomic E-state index is 0.247. The number of carbonyl (C=O) groups excluding carboxylic acids is 2. The van der Waals surface area contributed by atoms with E-state index in [0.29, 0.717) is 11.0 Å². The molecule has 1 aromatic heterocycles. The molecule has 1 heterocycles. The number of benzene rings is 1. The Kier molecular flexibility index (Phi) is 6.19. The lowest BCUT2D eigenvalue weighted by molar-refractivity contribution is -0.119. The predicted octanol–water partition coefficient (Wildman–Crippen LogP) is 1.63. The van der Waals surface area contributed by atoms with Gasteiger partial charge < -0.3 is 10.1 Å². The molecule has 128 valence electrons. The lowest BCUT2D eigenvalue weighted by Crippen LogP contribution is -2.41. The van der Waals surface area contributed by atoms with Gasteiger partial charge in [0.05, 0.1) is 5.25 Å². The van der Waals surface area contributed by atoms with Crippen molar-refractivity contribution in [2.24, 2.45) is 0 Å². The third-order valence-electron chi connectivity index (χ3n) is 3.08. The number of aryl methyl sites for hydroxylation is 1. The lowest BCUT2D eigenvalue weighted by Gasteiger charge is -2.08. The van der Waals surface area contributed by atoms with Crippen molar-refractivity contribution in [3.05, 3.63) is 35.7 Å². The van der Waals surface area contributed by atoms with Crippen LogP contribution in [0.1, 0.15) is 18.3 Å². The Morgan fingerprint density at radius 3 is 2.83 bits per heavy atom. The van der Waals surface area contributed by atoms with E-state index in [-0.39, 0.29) is 6.61 Å². The number of ether oxygens (including phenoxy) is 1. The third-order valence-corrected chi connectivity index (χ3v) is 4.05. The number of rotatable bonds is 6. The number of aromatic amines is 1. The van der Waals surface area contributed by atoms with E-state index < -0.39 is 17.2 Å². The van der Waals surface area contributed by atoms with Gasteiger partial charge in [-0.15, -0.1) is 5.10 Å². The van der Waals surface area contributed by atoms with E-state index in [1.807, 2.05) is 31.2 Å². The Hall–Kier alpha value is -2.55. The van der Waals surface area contributed by atoms with Crippen molar-refractivity contribution in [1.29, 1.82) is 0 Å². The average Bonchev–Trinajstić information content (AvgIpc) is 3.01. The first-order valence-electron chi connectivity index (χ1n) is 7.28. The predicted molar refractivity (Wildman–Crippen MR) is 89.8 cm³/mol. The maximum Gasteiger partial charge on any atom is 0.321 e. The van der Waals surface area contributed by atoms with Crippen molar-refractivity contribution < 1.29 is 14.3 Å². The van der Waals surface area contributed by atoms with Crippen LogP contribution in [0, 0.1) is 6.92 Å². The van der Waals surface area contributed by atoms with Crippen molar-refractivity contribution in [2.45, 2.75) is 30.9 Å². The molecule has 0 radical (unpaired) electrons. The molecule has 3 N–H and O–H groups in total. The molecule has 2 aromatic rings. The minimum atomic E-state index is -0.547. The Bertz CT molecular complexity index is 719. The van der Waals surface area contributed by atoms with Crippen molar-refractivity contribution >= 4 is 23.7 Å². The first-order chi connectivity index (χ1) is 11.5. The number of hydrogen-bond acceptors (Lipinski definition) is 6. The van der Waals surface area contributed by atoms with Gasteiger partial charge in [0, 0.05) is 7.05 Å². The van der Waals surface area contributed by atoms with Crippen molar-refractivity contribution in [1.82, 2.24) is 25.8 Å². The van der Waals surface area contributed by atoms with Crippen LogP contribution in [0.5, 0.6) is 5.75 Å². The summed E-state index contributed by atoms with van der Waals surface area (Å²) in [4.78, 5) is 27.2. The van der Waals surface area contributed by atoms with Crippen LogP contribution in [-0.2, 0) is 11.4 Å². The van der Waals surface area contributed by atoms with E-state index in [1.54, 1.807) is 6.92 Å². The van der Waals surface area contributed by atoms with E-state index in [1.165, 1.54) is 7.05 Å². The number of hydrogen-bond donors (Lipinski definition) is 3. The van der Waals surface area contributed by atoms with Crippen LogP contribution in [0.4, 0.5) is 4.79 Å². The smallest absolute Gasteiger partial charge is 0.321 e. The fourth-order valence-corrected chi connectivity index (χ4v) is 2.49. The molecule has 1 aromatic carbocycles. The summed E-state index contributed by atoms with van der Waals surface area (Å²) in [5.74, 6) is 0.919. The van der Waals surface area contributed by atoms with Gasteiger partial charge in [0.1, 0.15) is 12.4 Å². The molecule has 0 aliphatic heterocycles. The maximum atomic E-state index is 11.8. The van der Waals surface area contributed by atoms with Crippen LogP contribution >= 0.6 is 11.8 Å². The molecule has 3 amide bonds. The van der Waals surface area contributed by atoms with Crippen LogP contribution in [0.25, 0.3) is 0 Å². The average molecular weight is 349 g/mol. The summed E-state index contributed by atoms with van der Waals surface area (Å²) in [6.07, 6.45) is 0. The van der Waals surface area contributed by atoms with E-state index in [2.05, 4.69) is 25.8 Å². The SMILES string of the molecule is CNC(=O)NC(=O)[C@H](C)Sc1n[nH]c(COc2ccccc2C)n1. The Labute approximate surface area is 143 Å². The summed E-state index contributed by atoms with van der Waals surface area (Å²) in [7, 11) is 1.44. The number of nitrogens with zero attached hydrogens (tertiary/aromatic N) is 2. The van der Waals surface area contributed by atoms with Gasteiger partial charge in [0.25, 0.3) is 0 Å². The topological polar surface area (TPSA) is 109 Å². The normalized spacial score (nSPS) is 11.6. The van der Waals surface area contributed by atoms with Gasteiger partial charge in [-0.05, 0) is 25.5 Å². The Morgan fingerprint density at radius 1 is 1.38 bits per heavy atom. The van der Waals surface area contributed by atoms with Gasteiger partial charge >= 0.3 is 6.03 Å². The highest BCUT2D eigenvalue weighted by Crippen LogP contribution is 2.20. The quantitative estimate of drug-likeness (QED) is 0.684. The van der Waals surface area contributed by atoms with Gasteiger partial charge in [-0.3, -0.25) is 15.2 Å². The van der Waals surface area contributed by atoms with Crippen LogP contribution in [0.15, 0.2) is 29.4 Å². The summed E-state index contributed by atoms with van der Waals surface area (Å²) in [5, 5.41) is 11.2. The van der Waals surface area contributed by atoms with Crippen molar-refractivity contribution in [3.8, 4) is 5.75 Å². The van der Waals surface area contributed by atoms with Gasteiger partial charge in [-0.1, -0.05) is 30.0 Å². The van der Waals surface area contributed by atoms with E-state index in [9.17, 15) is 9.59 Å². The summed E-state index contributed by atoms with van der Waals surface area (Å²) >= 11 is 1.15. The van der Waals surface area contributed by atoms with Gasteiger partial charge in [0.2, 0.25) is 11.1 Å². The molecule has 8 nitrogen and oxygen atoms in total. The van der Waals surface area contributed by atoms with Crippen LogP contribution in [0.2, 0.25) is 0 Å². The van der Waals surface area contributed by atoms with Crippen LogP contribution < -0.4 is 15.4 Å². The third kappa shape index (κ3) is 4.98. The molecule has 0 bridgehead atoms. The molecule has 0 spiro atoms. The zero-order valence-corrected chi connectivity index (χ0v) is 14.4. The molecule has 0 unspecified atom stereocenters. The number of amides is 3. The zero-order chi connectivity index (χ0) is 17.5. The number of imide groups is 1. The summed E-state index contributed by atoms with van der Waals surface area (Å²) in [6.45, 7) is 3.88. The minimum Gasteiger partial charge on any atom is -0.485 e. The molecule has 9 heteroatoms. The molecule has 0 saturated carbocycles. The van der Waals surface area contributed by atoms with Crippen molar-refractivity contribution in [2.75, 3.05) is 7.05 Å². The van der Waals surface area contributed by atoms with Crippen molar-refractivity contribution in [3.63, 3.8) is 0 Å². The second-order valence-corrected chi connectivity index (χ2v) is 6.26. The number of thioether (sulfide) groups is 1. The summed E-state index contributed by atoms with van der Waals surface area (Å²) in [6, 6.07) is 7.14. The molecule has 0 aliphatic rings. The Balaban J connectivity index is 1.87. The van der Waals surface area contributed by atoms with Gasteiger partial charge in [-0.2, -0.15) is 0 Å². The number of aromatic nitrogens is 3. The molecular weight excluding hydrogens is 330 g/mol. The number of H-pyrrole nitrogens is 1. The number of carbonyl (C=O) groups is 2. The molecule has 0 fully saturated rings. The highest BCUT2D eigenvalue weighted by atomic mass is 32.2. The number of para-hydroxylation sites is 1. The largest absolute Gasteiger partial charge is 0.485 e. The fourth-order valence-electron chi connectivity index (χ4n) is 1.75. The highest BCUT2D eigenvalue weighted by molar-refractivity contribution is 8.00. The number of urea groups is 1. The maximum absolute atomic E-state index is 11.8. The highest BCUT2D eigenvalue weighted by Gasteiger charge is 2.18. The second kappa shape index (κ2) is 8.34. The summed E-state index contributed by atoms with van der Waals surface area (Å²) in [5.41, 5.74) is 1.03. The van der Waals surface area contributed by atoms with Crippen LogP contribution in [0.3, 0.4) is 0 Å². The first-order valence-corrected chi connectivity index (χ1v) is 8.16. The zero-order valence-electron chi connectivity index (χ0n) is 13.6.